The van der Waals surface area contributed by atoms with Gasteiger partial charge in [0, 0.05) is 12.8 Å². The van der Waals surface area contributed by atoms with Crippen LogP contribution in [0.2, 0.25) is 0 Å². The standard InChI is InChI=1S/C63H113N2O7P/c1-7-10-13-16-19-22-25-28-30-31-32-33-35-38-41-44-47-50-53-56-63(67)72-61(54-51-48-45-42-39-36-27-24-21-18-15-12-9-3)60(59-71-73(68,69)70-58-57-65(4,5)6)64-62(66)55-52-49-46-43-40-37-34-29-26-23-20-17-14-11-8-2/h11,14,17,19-20,22-23,26,28,30,32-33,51,54,60-61H,7-10,12-13,15-16,18,21,24-25,27,29,31,34-50,52-53,55-59H2,1-6H3,(H-,64,66,68,69)/b14-11+,20-17+,22-19-,26-23+,30-28-,33-32-,54-51+. The Morgan fingerprint density at radius 1 is 0.507 bits per heavy atom. The van der Waals surface area contributed by atoms with Crippen molar-refractivity contribution in [1.82, 2.24) is 5.32 Å². The molecular formula is C63H113N2O7P. The average Bonchev–Trinajstić information content (AvgIpc) is 3.35. The number of hydrogen-bond donors (Lipinski definition) is 1. The van der Waals surface area contributed by atoms with Gasteiger partial charge in [0.25, 0.3) is 7.82 Å². The van der Waals surface area contributed by atoms with E-state index in [2.05, 4.69) is 99.0 Å². The van der Waals surface area contributed by atoms with E-state index in [4.69, 9.17) is 13.8 Å². The van der Waals surface area contributed by atoms with Crippen molar-refractivity contribution in [2.75, 3.05) is 40.9 Å². The molecule has 0 saturated heterocycles. The molecule has 0 fully saturated rings. The molecule has 0 spiro atoms. The molecule has 0 aliphatic heterocycles. The van der Waals surface area contributed by atoms with Gasteiger partial charge in [0.05, 0.1) is 33.8 Å². The fourth-order valence-corrected chi connectivity index (χ4v) is 8.96. The van der Waals surface area contributed by atoms with Crippen molar-refractivity contribution in [3.8, 4) is 0 Å². The molecule has 0 saturated carbocycles. The predicted octanol–water partition coefficient (Wildman–Crippen LogP) is 17.6. The van der Waals surface area contributed by atoms with Crippen molar-refractivity contribution in [2.45, 2.75) is 264 Å². The highest BCUT2D eigenvalue weighted by Crippen LogP contribution is 2.38. The zero-order valence-electron chi connectivity index (χ0n) is 48.1. The van der Waals surface area contributed by atoms with Crippen LogP contribution in [-0.2, 0) is 27.9 Å². The second-order valence-corrected chi connectivity index (χ2v) is 22.6. The van der Waals surface area contributed by atoms with Crippen LogP contribution in [0.15, 0.2) is 85.1 Å². The van der Waals surface area contributed by atoms with E-state index in [1.807, 2.05) is 33.3 Å². The predicted molar refractivity (Wildman–Crippen MR) is 311 cm³/mol. The Morgan fingerprint density at radius 3 is 1.45 bits per heavy atom. The van der Waals surface area contributed by atoms with Gasteiger partial charge in [0.1, 0.15) is 19.3 Å². The lowest BCUT2D eigenvalue weighted by Crippen LogP contribution is -2.47. The minimum atomic E-state index is -4.71. The molecule has 0 aromatic heterocycles. The number of ether oxygens (including phenoxy) is 1. The molecule has 3 unspecified atom stereocenters. The van der Waals surface area contributed by atoms with Gasteiger partial charge in [-0.3, -0.25) is 14.2 Å². The summed E-state index contributed by atoms with van der Waals surface area (Å²) in [6.07, 6.45) is 68.2. The Balaban J connectivity index is 5.36. The minimum absolute atomic E-state index is 0.0307. The topological polar surface area (TPSA) is 114 Å². The fraction of sp³-hybridized carbons (Fsp3) is 0.746. The molecule has 1 N–H and O–H groups in total. The van der Waals surface area contributed by atoms with Crippen LogP contribution in [0, 0.1) is 0 Å². The van der Waals surface area contributed by atoms with Gasteiger partial charge in [0.2, 0.25) is 5.91 Å². The smallest absolute Gasteiger partial charge is 0.306 e. The molecular weight excluding hydrogens is 928 g/mol. The number of quaternary nitrogens is 1. The Kier molecular flexibility index (Phi) is 50.6. The summed E-state index contributed by atoms with van der Waals surface area (Å²) in [5, 5.41) is 3.01. The molecule has 422 valence electrons. The molecule has 0 radical (unpaired) electrons. The molecule has 0 aromatic rings. The number of nitrogens with one attached hydrogen (secondary N) is 1. The maximum atomic E-state index is 13.5. The lowest BCUT2D eigenvalue weighted by molar-refractivity contribution is -0.870. The van der Waals surface area contributed by atoms with E-state index in [-0.39, 0.29) is 24.9 Å². The fourth-order valence-electron chi connectivity index (χ4n) is 8.23. The first-order valence-corrected chi connectivity index (χ1v) is 31.4. The number of phosphoric acid groups is 1. The van der Waals surface area contributed by atoms with Crippen molar-refractivity contribution in [3.05, 3.63) is 85.1 Å². The van der Waals surface area contributed by atoms with Gasteiger partial charge in [-0.25, -0.2) is 0 Å². The third-order valence-corrected chi connectivity index (χ3v) is 13.8. The number of rotatable bonds is 53. The van der Waals surface area contributed by atoms with Crippen LogP contribution >= 0.6 is 7.82 Å². The Hall–Kier alpha value is -2.81. The first-order chi connectivity index (χ1) is 35.4. The van der Waals surface area contributed by atoms with E-state index in [1.165, 1.54) is 103 Å². The molecule has 0 aromatic carbocycles. The summed E-state index contributed by atoms with van der Waals surface area (Å²) in [7, 11) is 1.16. The van der Waals surface area contributed by atoms with Gasteiger partial charge in [-0.15, -0.1) is 0 Å². The molecule has 10 heteroatoms. The number of esters is 1. The van der Waals surface area contributed by atoms with Gasteiger partial charge in [-0.2, -0.15) is 0 Å². The summed E-state index contributed by atoms with van der Waals surface area (Å²) in [6, 6.07) is -0.904. The van der Waals surface area contributed by atoms with Crippen LogP contribution in [0.3, 0.4) is 0 Å². The van der Waals surface area contributed by atoms with Crippen molar-refractivity contribution in [1.29, 1.82) is 0 Å². The first kappa shape index (κ1) is 70.2. The highest BCUT2D eigenvalue weighted by atomic mass is 31.2. The summed E-state index contributed by atoms with van der Waals surface area (Å²) < 4.78 is 30.3. The normalized spacial score (nSPS) is 14.3. The zero-order chi connectivity index (χ0) is 53.6. The maximum Gasteiger partial charge on any atom is 0.306 e. The molecule has 0 bridgehead atoms. The number of carbonyl (C=O) groups is 2. The Labute approximate surface area is 450 Å². The van der Waals surface area contributed by atoms with Gasteiger partial charge in [-0.1, -0.05) is 235 Å². The second-order valence-electron chi connectivity index (χ2n) is 21.2. The quantitative estimate of drug-likeness (QED) is 0.0161. The molecule has 0 aliphatic rings. The summed E-state index contributed by atoms with van der Waals surface area (Å²) in [5.41, 5.74) is 0. The largest absolute Gasteiger partial charge is 0.756 e. The van der Waals surface area contributed by atoms with Crippen LogP contribution < -0.4 is 10.2 Å². The number of nitrogens with zero attached hydrogens (tertiary/aromatic N) is 1. The molecule has 3 atom stereocenters. The van der Waals surface area contributed by atoms with E-state index < -0.39 is 26.6 Å². The average molecular weight is 1040 g/mol. The lowest BCUT2D eigenvalue weighted by Gasteiger charge is -2.30. The maximum absolute atomic E-state index is 13.5. The minimum Gasteiger partial charge on any atom is -0.756 e. The summed E-state index contributed by atoms with van der Waals surface area (Å²) >= 11 is 0. The third kappa shape index (κ3) is 53.8. The monoisotopic (exact) mass is 1040 g/mol. The lowest BCUT2D eigenvalue weighted by atomic mass is 10.0. The molecule has 9 nitrogen and oxygen atoms in total. The van der Waals surface area contributed by atoms with Crippen molar-refractivity contribution < 1.29 is 37.3 Å². The highest BCUT2D eigenvalue weighted by Gasteiger charge is 2.27. The number of carbonyl (C=O) groups excluding carboxylic acids is 2. The molecule has 73 heavy (non-hydrogen) atoms. The second kappa shape index (κ2) is 52.6. The van der Waals surface area contributed by atoms with Gasteiger partial charge >= 0.3 is 5.97 Å². The van der Waals surface area contributed by atoms with E-state index in [0.717, 1.165) is 109 Å². The van der Waals surface area contributed by atoms with E-state index in [0.29, 0.717) is 23.9 Å². The number of unbranched alkanes of at least 4 members (excludes halogenated alkanes) is 27. The van der Waals surface area contributed by atoms with Crippen molar-refractivity contribution in [3.63, 3.8) is 0 Å². The Morgan fingerprint density at radius 2 is 0.932 bits per heavy atom. The van der Waals surface area contributed by atoms with E-state index in [9.17, 15) is 19.0 Å². The van der Waals surface area contributed by atoms with Gasteiger partial charge in [0.15, 0.2) is 0 Å². The van der Waals surface area contributed by atoms with E-state index in [1.54, 1.807) is 0 Å². The third-order valence-electron chi connectivity index (χ3n) is 12.9. The number of phosphoric ester groups is 1. The molecule has 0 rings (SSSR count). The number of amides is 1. The van der Waals surface area contributed by atoms with Crippen molar-refractivity contribution >= 4 is 19.7 Å². The summed E-state index contributed by atoms with van der Waals surface area (Å²) in [6.45, 7) is 6.66. The molecule has 0 aliphatic carbocycles. The first-order valence-electron chi connectivity index (χ1n) is 29.9. The summed E-state index contributed by atoms with van der Waals surface area (Å²) in [4.78, 5) is 39.9. The Bertz CT molecular complexity index is 1530. The van der Waals surface area contributed by atoms with Crippen LogP contribution in [-0.4, -0.2) is 69.4 Å². The number of likely N-dealkylation sites (N-methyl/N-ethyl adjacent to an activating group) is 1. The zero-order valence-corrected chi connectivity index (χ0v) is 49.0. The van der Waals surface area contributed by atoms with Gasteiger partial charge < -0.3 is 28.5 Å². The van der Waals surface area contributed by atoms with Crippen LogP contribution in [0.1, 0.15) is 252 Å². The molecule has 1 amide bonds. The number of allylic oxidation sites excluding steroid dienone is 13. The summed E-state index contributed by atoms with van der Waals surface area (Å²) in [5.74, 6) is -0.571. The van der Waals surface area contributed by atoms with E-state index >= 15 is 0 Å². The van der Waals surface area contributed by atoms with Crippen LogP contribution in [0.4, 0.5) is 0 Å². The van der Waals surface area contributed by atoms with Crippen molar-refractivity contribution in [2.24, 2.45) is 0 Å². The van der Waals surface area contributed by atoms with Crippen LogP contribution in [0.25, 0.3) is 0 Å². The SMILES string of the molecule is CC/C=C/C=C/C=C/CCCCCCCCCC(=O)NC(COP(=O)([O-])OCC[N+](C)(C)C)C(/C=C/CCCCCCCCCCCCC)OC(=O)CCCCCCCC/C=C\C/C=C\C/C=C\CCCCC. The van der Waals surface area contributed by atoms with Gasteiger partial charge in [-0.05, 0) is 89.5 Å². The van der Waals surface area contributed by atoms with Crippen LogP contribution in [0.5, 0.6) is 0 Å². The molecule has 0 heterocycles. The number of hydrogen-bond acceptors (Lipinski definition) is 7. The highest BCUT2D eigenvalue weighted by molar-refractivity contribution is 7.45.